The van der Waals surface area contributed by atoms with Crippen LogP contribution in [-0.2, 0) is 45.0 Å². The highest BCUT2D eigenvalue weighted by Gasteiger charge is 2.05. The van der Waals surface area contributed by atoms with E-state index in [9.17, 15) is 4.21 Å². The van der Waals surface area contributed by atoms with Crippen molar-refractivity contribution in [1.29, 1.82) is 0 Å². The highest BCUT2D eigenvalue weighted by atomic mass is 32.3. The molecule has 0 aliphatic rings. The molecule has 0 fully saturated rings. The molecular formula is C20H39N3O7S2. The standard InChI is InChI=1S/C20H39N3O7S2/c1-32(2,24)18-31-20-22-15-19(16-23-20)17-30-14-13-29-12-11-28-10-9-27-8-7-26-6-5-25-4-3-21/h15-16,32H,3-14,17-18,21H2,1-2H3. The molecule has 0 aliphatic carbocycles. The van der Waals surface area contributed by atoms with Gasteiger partial charge >= 0.3 is 0 Å². The minimum absolute atomic E-state index is 0.423. The van der Waals surface area contributed by atoms with Crippen molar-refractivity contribution in [3.63, 3.8) is 0 Å². The Bertz CT molecular complexity index is 605. The molecule has 0 amide bonds. The molecule has 188 valence electrons. The summed E-state index contributed by atoms with van der Waals surface area (Å²) >= 11 is 1.41. The molecule has 0 saturated carbocycles. The average Bonchev–Trinajstić information content (AvgIpc) is 2.77. The van der Waals surface area contributed by atoms with E-state index in [0.29, 0.717) is 96.1 Å². The smallest absolute Gasteiger partial charge is 0.188 e. The second-order valence-corrected chi connectivity index (χ2v) is 12.0. The highest BCUT2D eigenvalue weighted by Crippen LogP contribution is 2.16. The van der Waals surface area contributed by atoms with Crippen LogP contribution < -0.4 is 5.73 Å². The molecule has 12 heteroatoms. The maximum absolute atomic E-state index is 11.7. The largest absolute Gasteiger partial charge is 0.378 e. The first-order valence-corrected chi connectivity index (χ1v) is 14.4. The fourth-order valence-corrected chi connectivity index (χ4v) is 4.04. The van der Waals surface area contributed by atoms with Gasteiger partial charge in [0.15, 0.2) is 5.16 Å². The van der Waals surface area contributed by atoms with Crippen LogP contribution in [0.15, 0.2) is 17.6 Å². The molecule has 0 unspecified atom stereocenters. The Morgan fingerprint density at radius 3 is 1.56 bits per heavy atom. The van der Waals surface area contributed by atoms with Crippen molar-refractivity contribution < 1.29 is 32.6 Å². The van der Waals surface area contributed by atoms with E-state index in [0.717, 1.165) is 5.56 Å². The number of hydrogen-bond donors (Lipinski definition) is 2. The van der Waals surface area contributed by atoms with E-state index in [4.69, 9.17) is 34.2 Å². The molecule has 10 nitrogen and oxygen atoms in total. The molecule has 0 saturated heterocycles. The Labute approximate surface area is 196 Å². The summed E-state index contributed by atoms with van der Waals surface area (Å²) in [5.41, 5.74) is 6.20. The molecular weight excluding hydrogens is 458 g/mol. The van der Waals surface area contributed by atoms with Crippen LogP contribution in [0.2, 0.25) is 0 Å². The van der Waals surface area contributed by atoms with Gasteiger partial charge in [0.05, 0.1) is 84.4 Å². The van der Waals surface area contributed by atoms with Gasteiger partial charge in [-0.15, -0.1) is 0 Å². The van der Waals surface area contributed by atoms with Gasteiger partial charge in [-0.2, -0.15) is 0 Å². The van der Waals surface area contributed by atoms with E-state index < -0.39 is 9.93 Å². The molecule has 0 radical (unpaired) electrons. The zero-order valence-electron chi connectivity index (χ0n) is 19.2. The lowest BCUT2D eigenvalue weighted by molar-refractivity contribution is -0.0174. The third kappa shape index (κ3) is 18.8. The molecule has 0 bridgehead atoms. The van der Waals surface area contributed by atoms with Crippen LogP contribution in [0.1, 0.15) is 5.56 Å². The lowest BCUT2D eigenvalue weighted by atomic mass is 10.4. The molecule has 0 aromatic carbocycles. The van der Waals surface area contributed by atoms with Crippen molar-refractivity contribution >= 4 is 21.7 Å². The van der Waals surface area contributed by atoms with E-state index in [2.05, 4.69) is 9.97 Å². The van der Waals surface area contributed by atoms with Gasteiger partial charge < -0.3 is 34.2 Å². The van der Waals surface area contributed by atoms with Gasteiger partial charge in [-0.05, 0) is 12.5 Å². The molecule has 0 atom stereocenters. The molecule has 0 spiro atoms. The third-order valence-corrected chi connectivity index (χ3v) is 7.05. The maximum Gasteiger partial charge on any atom is 0.188 e. The molecule has 1 rings (SSSR count). The lowest BCUT2D eigenvalue weighted by Crippen LogP contribution is -2.15. The van der Waals surface area contributed by atoms with E-state index in [1.807, 2.05) is 0 Å². The maximum atomic E-state index is 11.7. The van der Waals surface area contributed by atoms with Crippen LogP contribution in [0.25, 0.3) is 0 Å². The fraction of sp³-hybridized carbons (Fsp3) is 0.800. The van der Waals surface area contributed by atoms with Crippen molar-refractivity contribution in [1.82, 2.24) is 9.97 Å². The molecule has 1 aromatic heterocycles. The minimum Gasteiger partial charge on any atom is -0.378 e. The van der Waals surface area contributed by atoms with Crippen molar-refractivity contribution in [3.8, 4) is 0 Å². The first kappa shape index (κ1) is 29.3. The molecule has 0 aliphatic heterocycles. The normalized spacial score (nSPS) is 12.3. The van der Waals surface area contributed by atoms with Crippen molar-refractivity contribution in [2.75, 3.05) is 96.8 Å². The number of hydrogen-bond acceptors (Lipinski definition) is 11. The summed E-state index contributed by atoms with van der Waals surface area (Å²) in [6, 6.07) is 0. The van der Waals surface area contributed by atoms with Crippen molar-refractivity contribution in [2.24, 2.45) is 5.73 Å². The summed E-state index contributed by atoms with van der Waals surface area (Å²) in [5.74, 6) is 0. The number of ether oxygens (including phenoxy) is 6. The van der Waals surface area contributed by atoms with Gasteiger partial charge in [-0.3, -0.25) is 4.21 Å². The molecule has 32 heavy (non-hydrogen) atoms. The lowest BCUT2D eigenvalue weighted by Gasteiger charge is -2.10. The summed E-state index contributed by atoms with van der Waals surface area (Å²) in [6.45, 7) is 6.68. The zero-order chi connectivity index (χ0) is 23.3. The van der Waals surface area contributed by atoms with Crippen LogP contribution >= 0.6 is 11.8 Å². The Balaban J connectivity index is 1.83. The predicted octanol–water partition coefficient (Wildman–Crippen LogP) is 0.361. The number of aromatic nitrogens is 2. The second kappa shape index (κ2) is 19.7. The van der Waals surface area contributed by atoms with Gasteiger partial charge in [0, 0.05) is 24.5 Å². The van der Waals surface area contributed by atoms with Gasteiger partial charge in [-0.1, -0.05) is 21.7 Å². The van der Waals surface area contributed by atoms with Crippen molar-refractivity contribution in [3.05, 3.63) is 18.0 Å². The summed E-state index contributed by atoms with van der Waals surface area (Å²) in [4.78, 5) is 8.51. The number of nitrogens with zero attached hydrogens (tertiary/aromatic N) is 2. The SMILES string of the molecule is C[SH](C)(=O)CSc1ncc(COCCOCCOCCOCCOCCOCCN)cn1. The summed E-state index contributed by atoms with van der Waals surface area (Å²) in [6.07, 6.45) is 6.97. The van der Waals surface area contributed by atoms with Crippen LogP contribution in [0.4, 0.5) is 0 Å². The number of thiol groups is 1. The van der Waals surface area contributed by atoms with Gasteiger partial charge in [0.25, 0.3) is 0 Å². The van der Waals surface area contributed by atoms with Gasteiger partial charge in [0.1, 0.15) is 0 Å². The molecule has 1 aromatic rings. The zero-order valence-corrected chi connectivity index (χ0v) is 21.0. The summed E-state index contributed by atoms with van der Waals surface area (Å²) in [5, 5.41) is 1.17. The van der Waals surface area contributed by atoms with E-state index >= 15 is 0 Å². The predicted molar refractivity (Wildman–Crippen MR) is 127 cm³/mol. The minimum atomic E-state index is -2.07. The quantitative estimate of drug-likeness (QED) is 0.0998. The summed E-state index contributed by atoms with van der Waals surface area (Å²) < 4.78 is 44.1. The van der Waals surface area contributed by atoms with Crippen LogP contribution in [0.3, 0.4) is 0 Å². The topological polar surface area (TPSA) is 124 Å². The average molecular weight is 498 g/mol. The van der Waals surface area contributed by atoms with Crippen LogP contribution in [-0.4, -0.2) is 111 Å². The summed E-state index contributed by atoms with van der Waals surface area (Å²) in [7, 11) is -2.07. The second-order valence-electron chi connectivity index (χ2n) is 7.12. The number of nitrogens with two attached hydrogens (primary N) is 1. The van der Waals surface area contributed by atoms with E-state index in [1.54, 1.807) is 24.9 Å². The van der Waals surface area contributed by atoms with Crippen LogP contribution in [0.5, 0.6) is 0 Å². The van der Waals surface area contributed by atoms with Gasteiger partial charge in [-0.25, -0.2) is 9.97 Å². The van der Waals surface area contributed by atoms with Crippen LogP contribution in [0, 0.1) is 0 Å². The van der Waals surface area contributed by atoms with E-state index in [1.165, 1.54) is 11.8 Å². The Morgan fingerprint density at radius 2 is 1.16 bits per heavy atom. The van der Waals surface area contributed by atoms with E-state index in [-0.39, 0.29) is 0 Å². The third-order valence-electron chi connectivity index (χ3n) is 3.58. The number of thioether (sulfide) groups is 1. The van der Waals surface area contributed by atoms with Crippen molar-refractivity contribution in [2.45, 2.75) is 11.8 Å². The molecule has 2 N–H and O–H groups in total. The Hall–Kier alpha value is -0.700. The fourth-order valence-electron chi connectivity index (χ4n) is 2.08. The first-order valence-electron chi connectivity index (χ1n) is 10.7. The Morgan fingerprint density at radius 1 is 0.750 bits per heavy atom. The first-order chi connectivity index (χ1) is 15.5. The Kier molecular flexibility index (Phi) is 18.1. The monoisotopic (exact) mass is 497 g/mol. The highest BCUT2D eigenvalue weighted by molar-refractivity contribution is 8.16. The number of rotatable bonds is 22. The van der Waals surface area contributed by atoms with Gasteiger partial charge in [0.2, 0.25) is 0 Å². The molecule has 1 heterocycles.